The summed E-state index contributed by atoms with van der Waals surface area (Å²) >= 11 is 0. The smallest absolute Gasteiger partial charge is 0.323 e. The topological polar surface area (TPSA) is 128 Å². The lowest BCUT2D eigenvalue weighted by Gasteiger charge is -2.53. The van der Waals surface area contributed by atoms with Crippen molar-refractivity contribution in [2.24, 2.45) is 5.41 Å². The van der Waals surface area contributed by atoms with E-state index >= 15 is 0 Å². The molecular formula is C19H28N4O5. The molecule has 0 aromatic carbocycles. The molecule has 28 heavy (non-hydrogen) atoms. The largest absolute Gasteiger partial charge is 0.388 e. The molecule has 3 heterocycles. The normalized spacial score (nSPS) is 30.8. The highest BCUT2D eigenvalue weighted by Gasteiger charge is 2.56. The van der Waals surface area contributed by atoms with Crippen LogP contribution < -0.4 is 11.0 Å². The summed E-state index contributed by atoms with van der Waals surface area (Å²) in [7, 11) is 0. The first-order chi connectivity index (χ1) is 13.2. The molecule has 3 aliphatic rings. The van der Waals surface area contributed by atoms with E-state index in [2.05, 4.69) is 15.3 Å². The molecule has 2 saturated heterocycles. The molecule has 0 unspecified atom stereocenters. The fourth-order valence-corrected chi connectivity index (χ4v) is 4.34. The van der Waals surface area contributed by atoms with Gasteiger partial charge in [0, 0.05) is 31.3 Å². The number of nitrogens with zero attached hydrogens (tertiary/aromatic N) is 1. The third kappa shape index (κ3) is 3.16. The van der Waals surface area contributed by atoms with E-state index < -0.39 is 22.9 Å². The van der Waals surface area contributed by atoms with E-state index in [1.54, 1.807) is 4.90 Å². The van der Waals surface area contributed by atoms with Crippen LogP contribution in [0.1, 0.15) is 56.4 Å². The average molecular weight is 392 g/mol. The molecule has 1 aromatic heterocycles. The molecule has 1 aliphatic carbocycles. The van der Waals surface area contributed by atoms with E-state index in [-0.39, 0.29) is 22.9 Å². The minimum Gasteiger partial charge on any atom is -0.388 e. The number of carbonyl (C=O) groups excluding carboxylic acids is 2. The Morgan fingerprint density at radius 2 is 1.89 bits per heavy atom. The molecule has 1 saturated carbocycles. The zero-order valence-electron chi connectivity index (χ0n) is 16.3. The monoisotopic (exact) mass is 392 g/mol. The number of hydrogen-bond donors (Lipinski definition) is 4. The van der Waals surface area contributed by atoms with Crippen molar-refractivity contribution in [3.05, 3.63) is 22.4 Å². The number of aromatic amines is 2. The molecule has 9 nitrogen and oxygen atoms in total. The molecule has 154 valence electrons. The second-order valence-corrected chi connectivity index (χ2v) is 8.95. The van der Waals surface area contributed by atoms with Gasteiger partial charge in [-0.15, -0.1) is 0 Å². The van der Waals surface area contributed by atoms with Crippen LogP contribution in [0, 0.1) is 5.41 Å². The van der Waals surface area contributed by atoms with E-state index in [0.29, 0.717) is 39.0 Å². The standard InChI is InChI=1S/C19H28N4O5/c1-17(3-4-17)15(26)22-18(2)7-10-28-19(14(18)25)5-8-23(9-6-19)13(24)12-11-20-16(27)21-12/h11,14,25H,3-10H2,1-2H3,(H,22,26)(H2,20,21,27)/t14-,18+/m0/s1. The van der Waals surface area contributed by atoms with Crippen molar-refractivity contribution in [2.75, 3.05) is 19.7 Å². The highest BCUT2D eigenvalue weighted by Crippen LogP contribution is 2.46. The van der Waals surface area contributed by atoms with Gasteiger partial charge in [-0.1, -0.05) is 6.92 Å². The predicted octanol–water partition coefficient (Wildman–Crippen LogP) is 0.134. The lowest BCUT2D eigenvalue weighted by molar-refractivity contribution is -0.206. The molecule has 9 heteroatoms. The van der Waals surface area contributed by atoms with Crippen LogP contribution in [0.15, 0.2) is 11.0 Å². The quantitative estimate of drug-likeness (QED) is 0.582. The predicted molar refractivity (Wildman–Crippen MR) is 99.7 cm³/mol. The van der Waals surface area contributed by atoms with Gasteiger partial charge in [0.1, 0.15) is 11.8 Å². The first kappa shape index (κ1) is 19.2. The van der Waals surface area contributed by atoms with E-state index in [4.69, 9.17) is 4.74 Å². The van der Waals surface area contributed by atoms with Crippen molar-refractivity contribution in [2.45, 2.75) is 63.2 Å². The Morgan fingerprint density at radius 3 is 2.46 bits per heavy atom. The average Bonchev–Trinajstić information content (AvgIpc) is 3.28. The van der Waals surface area contributed by atoms with Gasteiger partial charge in [0.05, 0.1) is 11.1 Å². The van der Waals surface area contributed by atoms with Crippen molar-refractivity contribution in [3.63, 3.8) is 0 Å². The van der Waals surface area contributed by atoms with Gasteiger partial charge in [-0.25, -0.2) is 4.79 Å². The second kappa shape index (κ2) is 6.45. The maximum Gasteiger partial charge on any atom is 0.323 e. The van der Waals surface area contributed by atoms with Crippen molar-refractivity contribution < 1.29 is 19.4 Å². The number of aliphatic hydroxyl groups excluding tert-OH is 1. The number of aromatic nitrogens is 2. The summed E-state index contributed by atoms with van der Waals surface area (Å²) in [5.41, 5.74) is -2.04. The van der Waals surface area contributed by atoms with E-state index in [0.717, 1.165) is 12.8 Å². The molecule has 2 amide bonds. The summed E-state index contributed by atoms with van der Waals surface area (Å²) in [6.45, 7) is 5.09. The SMILES string of the molecule is CC1(C(=O)N[C@]2(C)CCOC3(CCN(C(=O)c4c[nH]c(=O)[nH]4)CC3)[C@H]2O)CC1. The molecule has 0 bridgehead atoms. The number of ether oxygens (including phenoxy) is 1. The lowest BCUT2D eigenvalue weighted by Crippen LogP contribution is -2.69. The van der Waals surface area contributed by atoms with Crippen LogP contribution in [0.3, 0.4) is 0 Å². The van der Waals surface area contributed by atoms with Crippen LogP contribution in [0.4, 0.5) is 0 Å². The van der Waals surface area contributed by atoms with Crippen molar-refractivity contribution in [1.29, 1.82) is 0 Å². The molecular weight excluding hydrogens is 364 g/mol. The number of aliphatic hydroxyl groups is 1. The summed E-state index contributed by atoms with van der Waals surface area (Å²) in [6, 6.07) is 0. The number of nitrogens with one attached hydrogen (secondary N) is 3. The highest BCUT2D eigenvalue weighted by atomic mass is 16.5. The molecule has 0 radical (unpaired) electrons. The van der Waals surface area contributed by atoms with E-state index in [9.17, 15) is 19.5 Å². The summed E-state index contributed by atoms with van der Waals surface area (Å²) in [5, 5.41) is 14.3. The molecule has 4 N–H and O–H groups in total. The van der Waals surface area contributed by atoms with Gasteiger partial charge in [0.2, 0.25) is 5.91 Å². The molecule has 4 rings (SSSR count). The molecule has 1 aromatic rings. The molecule has 2 aliphatic heterocycles. The first-order valence-electron chi connectivity index (χ1n) is 9.89. The molecule has 3 fully saturated rings. The van der Waals surface area contributed by atoms with Gasteiger partial charge in [-0.3, -0.25) is 9.59 Å². The lowest BCUT2D eigenvalue weighted by atomic mass is 9.73. The minimum absolute atomic E-state index is 0.00451. The first-order valence-corrected chi connectivity index (χ1v) is 9.89. The second-order valence-electron chi connectivity index (χ2n) is 8.95. The van der Waals surface area contributed by atoms with Crippen LogP contribution in [-0.2, 0) is 9.53 Å². The molecule has 2 atom stereocenters. The van der Waals surface area contributed by atoms with Gasteiger partial charge in [0.15, 0.2) is 0 Å². The number of piperidine rings is 1. The van der Waals surface area contributed by atoms with Gasteiger partial charge in [-0.2, -0.15) is 0 Å². The summed E-state index contributed by atoms with van der Waals surface area (Å²) < 4.78 is 6.03. The van der Waals surface area contributed by atoms with Crippen LogP contribution in [0.5, 0.6) is 0 Å². The summed E-state index contributed by atoms with van der Waals surface area (Å²) in [4.78, 5) is 42.9. The van der Waals surface area contributed by atoms with E-state index in [1.165, 1.54) is 6.20 Å². The fraction of sp³-hybridized carbons (Fsp3) is 0.737. The summed E-state index contributed by atoms with van der Waals surface area (Å²) in [6.07, 6.45) is 3.76. The number of H-pyrrole nitrogens is 2. The summed E-state index contributed by atoms with van der Waals surface area (Å²) in [5.74, 6) is -0.258. The third-order valence-corrected chi connectivity index (χ3v) is 6.78. The Morgan fingerprint density at radius 1 is 1.21 bits per heavy atom. The van der Waals surface area contributed by atoms with Crippen molar-refractivity contribution in [3.8, 4) is 0 Å². The van der Waals surface area contributed by atoms with Crippen LogP contribution >= 0.6 is 0 Å². The minimum atomic E-state index is -0.857. The molecule has 1 spiro atoms. The zero-order chi connectivity index (χ0) is 20.2. The Bertz CT molecular complexity index is 833. The Kier molecular flexibility index (Phi) is 4.42. The van der Waals surface area contributed by atoms with Crippen molar-refractivity contribution in [1.82, 2.24) is 20.2 Å². The maximum absolute atomic E-state index is 12.6. The number of hydrogen-bond acceptors (Lipinski definition) is 5. The van der Waals surface area contributed by atoms with Crippen LogP contribution in [0.2, 0.25) is 0 Å². The number of carbonyl (C=O) groups is 2. The van der Waals surface area contributed by atoms with Crippen LogP contribution in [-0.4, -0.2) is 68.7 Å². The highest BCUT2D eigenvalue weighted by molar-refractivity contribution is 5.92. The van der Waals surface area contributed by atoms with Gasteiger partial charge >= 0.3 is 5.69 Å². The Hall–Kier alpha value is -2.13. The Balaban J connectivity index is 1.44. The number of amides is 2. The number of likely N-dealkylation sites (tertiary alicyclic amines) is 1. The number of rotatable bonds is 3. The van der Waals surface area contributed by atoms with Gasteiger partial charge in [0.25, 0.3) is 5.91 Å². The van der Waals surface area contributed by atoms with Crippen LogP contribution in [0.25, 0.3) is 0 Å². The van der Waals surface area contributed by atoms with Crippen molar-refractivity contribution >= 4 is 11.8 Å². The maximum atomic E-state index is 12.6. The third-order valence-electron chi connectivity index (χ3n) is 6.78. The fourth-order valence-electron chi connectivity index (χ4n) is 4.34. The van der Waals surface area contributed by atoms with Gasteiger partial charge < -0.3 is 30.0 Å². The van der Waals surface area contributed by atoms with Gasteiger partial charge in [-0.05, 0) is 39.0 Å². The number of imidazole rings is 1. The Labute approximate surface area is 162 Å². The zero-order valence-corrected chi connectivity index (χ0v) is 16.3. The van der Waals surface area contributed by atoms with E-state index in [1.807, 2.05) is 13.8 Å².